The minimum atomic E-state index is -0.146. The Morgan fingerprint density at radius 1 is 1.12 bits per heavy atom. The Bertz CT molecular complexity index is 906. The molecule has 134 valence electrons. The van der Waals surface area contributed by atoms with E-state index in [2.05, 4.69) is 30.9 Å². The zero-order chi connectivity index (χ0) is 18.5. The number of aromatic nitrogens is 3. The van der Waals surface area contributed by atoms with E-state index >= 15 is 0 Å². The van der Waals surface area contributed by atoms with Gasteiger partial charge in [-0.1, -0.05) is 0 Å². The van der Waals surface area contributed by atoms with Gasteiger partial charge in [0.15, 0.2) is 0 Å². The van der Waals surface area contributed by atoms with Crippen LogP contribution in [0.3, 0.4) is 0 Å². The maximum Gasteiger partial charge on any atom is 0.267 e. The first-order valence-corrected chi connectivity index (χ1v) is 9.11. The van der Waals surface area contributed by atoms with Crippen molar-refractivity contribution in [2.24, 2.45) is 0 Å². The number of aryl methyl sites for hydroxylation is 2. The summed E-state index contributed by atoms with van der Waals surface area (Å²) < 4.78 is 0. The van der Waals surface area contributed by atoms with E-state index in [4.69, 9.17) is 0 Å². The van der Waals surface area contributed by atoms with Gasteiger partial charge in [0.1, 0.15) is 10.7 Å². The molecule has 7 nitrogen and oxygen atoms in total. The highest BCUT2D eigenvalue weighted by Crippen LogP contribution is 2.20. The smallest absolute Gasteiger partial charge is 0.267 e. The predicted molar refractivity (Wildman–Crippen MR) is 105 cm³/mol. The number of anilines is 4. The van der Waals surface area contributed by atoms with Crippen molar-refractivity contribution in [1.82, 2.24) is 15.0 Å². The second-order valence-electron chi connectivity index (χ2n) is 5.67. The second-order valence-corrected chi connectivity index (χ2v) is 6.53. The highest BCUT2D eigenvalue weighted by atomic mass is 32.1. The first-order valence-electron chi connectivity index (χ1n) is 8.23. The molecule has 0 aliphatic rings. The lowest BCUT2D eigenvalue weighted by atomic mass is 10.2. The van der Waals surface area contributed by atoms with Crippen LogP contribution in [0.5, 0.6) is 0 Å². The number of benzene rings is 1. The number of rotatable bonds is 6. The van der Waals surface area contributed by atoms with Crippen molar-refractivity contribution in [1.29, 1.82) is 0 Å². The van der Waals surface area contributed by atoms with Crippen LogP contribution in [0.1, 0.15) is 28.0 Å². The van der Waals surface area contributed by atoms with E-state index in [1.54, 1.807) is 5.51 Å². The number of nitrogens with zero attached hydrogens (tertiary/aromatic N) is 3. The molecule has 0 unspecified atom stereocenters. The summed E-state index contributed by atoms with van der Waals surface area (Å²) in [5.41, 5.74) is 4.88. The topological polar surface area (TPSA) is 91.8 Å². The van der Waals surface area contributed by atoms with Gasteiger partial charge in [0, 0.05) is 29.7 Å². The zero-order valence-corrected chi connectivity index (χ0v) is 15.6. The molecule has 2 heterocycles. The molecule has 1 amide bonds. The Morgan fingerprint density at radius 3 is 2.50 bits per heavy atom. The summed E-state index contributed by atoms with van der Waals surface area (Å²) in [6.07, 6.45) is 0. The summed E-state index contributed by atoms with van der Waals surface area (Å²) in [4.78, 5) is 25.7. The number of hydrogen-bond donors (Lipinski definition) is 3. The maximum atomic E-state index is 12.2. The third kappa shape index (κ3) is 4.34. The molecule has 0 fully saturated rings. The van der Waals surface area contributed by atoms with Crippen LogP contribution in [0.15, 0.2) is 35.8 Å². The maximum absolute atomic E-state index is 12.2. The molecule has 1 aromatic carbocycles. The van der Waals surface area contributed by atoms with E-state index in [0.717, 1.165) is 29.3 Å². The number of carbonyl (C=O) groups is 1. The summed E-state index contributed by atoms with van der Waals surface area (Å²) in [7, 11) is 0. The molecule has 0 radical (unpaired) electrons. The van der Waals surface area contributed by atoms with Gasteiger partial charge >= 0.3 is 0 Å². The zero-order valence-electron chi connectivity index (χ0n) is 14.8. The lowest BCUT2D eigenvalue weighted by Crippen LogP contribution is -2.11. The Morgan fingerprint density at radius 2 is 1.85 bits per heavy atom. The fraction of sp³-hybridized carbons (Fsp3) is 0.222. The van der Waals surface area contributed by atoms with Crippen molar-refractivity contribution < 1.29 is 4.79 Å². The first-order chi connectivity index (χ1) is 12.5. The fourth-order valence-corrected chi connectivity index (χ4v) is 3.06. The molecule has 3 N–H and O–H groups in total. The van der Waals surface area contributed by atoms with Crippen LogP contribution in [0.25, 0.3) is 0 Å². The van der Waals surface area contributed by atoms with Crippen LogP contribution in [0.4, 0.5) is 23.1 Å². The molecule has 0 aliphatic carbocycles. The van der Waals surface area contributed by atoms with Gasteiger partial charge < -0.3 is 16.0 Å². The minimum Gasteiger partial charge on any atom is -0.354 e. The van der Waals surface area contributed by atoms with Gasteiger partial charge in [-0.25, -0.2) is 9.97 Å². The van der Waals surface area contributed by atoms with Crippen LogP contribution in [0.2, 0.25) is 0 Å². The van der Waals surface area contributed by atoms with Crippen molar-refractivity contribution in [3.05, 3.63) is 52.1 Å². The summed E-state index contributed by atoms with van der Waals surface area (Å²) in [6.45, 7) is 6.51. The molecule has 3 rings (SSSR count). The van der Waals surface area contributed by atoms with Gasteiger partial charge in [-0.05, 0) is 45.0 Å². The number of carbonyl (C=O) groups excluding carboxylic acids is 1. The summed E-state index contributed by atoms with van der Waals surface area (Å²) in [5, 5.41) is 9.24. The molecular formula is C18H20N6OS. The third-order valence-electron chi connectivity index (χ3n) is 3.56. The molecule has 8 heteroatoms. The molecule has 0 saturated carbocycles. The van der Waals surface area contributed by atoms with Crippen LogP contribution < -0.4 is 16.0 Å². The van der Waals surface area contributed by atoms with Gasteiger partial charge in [-0.15, -0.1) is 11.3 Å². The fourth-order valence-electron chi connectivity index (χ4n) is 2.36. The van der Waals surface area contributed by atoms with Crippen molar-refractivity contribution in [2.75, 3.05) is 22.5 Å². The quantitative estimate of drug-likeness (QED) is 0.610. The van der Waals surface area contributed by atoms with Gasteiger partial charge in [0.25, 0.3) is 5.91 Å². The van der Waals surface area contributed by atoms with E-state index in [1.807, 2.05) is 51.1 Å². The molecule has 0 atom stereocenters. The van der Waals surface area contributed by atoms with Gasteiger partial charge in [0.05, 0.1) is 11.2 Å². The highest BCUT2D eigenvalue weighted by Gasteiger charge is 2.11. The van der Waals surface area contributed by atoms with Crippen molar-refractivity contribution >= 4 is 40.4 Å². The largest absolute Gasteiger partial charge is 0.354 e. The molecule has 0 aliphatic heterocycles. The second kappa shape index (κ2) is 7.92. The van der Waals surface area contributed by atoms with Crippen molar-refractivity contribution in [2.45, 2.75) is 20.8 Å². The summed E-state index contributed by atoms with van der Waals surface area (Å²) in [5.74, 6) is 1.16. The van der Waals surface area contributed by atoms with E-state index in [1.165, 1.54) is 11.3 Å². The van der Waals surface area contributed by atoms with Gasteiger partial charge in [0.2, 0.25) is 5.95 Å². The molecule has 0 bridgehead atoms. The Hall–Kier alpha value is -3.00. The van der Waals surface area contributed by atoms with E-state index < -0.39 is 0 Å². The number of hydrogen-bond acceptors (Lipinski definition) is 7. The van der Waals surface area contributed by atoms with E-state index in [-0.39, 0.29) is 5.91 Å². The SMILES string of the molecule is CCNc1nc(C)cc(Nc2ccc(NC(=O)c3scnc3C)cc2)n1. The third-order valence-corrected chi connectivity index (χ3v) is 4.48. The Balaban J connectivity index is 1.68. The standard InChI is InChI=1S/C18H20N6OS/c1-4-19-18-21-11(2)9-15(24-18)22-13-5-7-14(8-6-13)23-17(25)16-12(3)20-10-26-16/h5-10H,4H2,1-3H3,(H,23,25)(H2,19,21,22,24). The predicted octanol–water partition coefficient (Wildman–Crippen LogP) is 3.98. The molecule has 26 heavy (non-hydrogen) atoms. The van der Waals surface area contributed by atoms with E-state index in [9.17, 15) is 4.79 Å². The first kappa shape index (κ1) is 17.8. The highest BCUT2D eigenvalue weighted by molar-refractivity contribution is 7.12. The lowest BCUT2D eigenvalue weighted by molar-refractivity contribution is 0.103. The van der Waals surface area contributed by atoms with Crippen LogP contribution in [-0.2, 0) is 0 Å². The van der Waals surface area contributed by atoms with E-state index in [0.29, 0.717) is 16.6 Å². The molecule has 0 saturated heterocycles. The monoisotopic (exact) mass is 368 g/mol. The average molecular weight is 368 g/mol. The minimum absolute atomic E-state index is 0.146. The molecular weight excluding hydrogens is 348 g/mol. The normalized spacial score (nSPS) is 10.4. The summed E-state index contributed by atoms with van der Waals surface area (Å²) >= 11 is 1.33. The number of nitrogens with one attached hydrogen (secondary N) is 3. The average Bonchev–Trinajstić information content (AvgIpc) is 3.02. The Kier molecular flexibility index (Phi) is 5.43. The molecule has 3 aromatic rings. The van der Waals surface area contributed by atoms with Gasteiger partial charge in [-0.3, -0.25) is 4.79 Å². The Labute approximate surface area is 155 Å². The summed E-state index contributed by atoms with van der Waals surface area (Å²) in [6, 6.07) is 9.34. The number of amides is 1. The molecule has 2 aromatic heterocycles. The lowest BCUT2D eigenvalue weighted by Gasteiger charge is -2.10. The van der Waals surface area contributed by atoms with Crippen molar-refractivity contribution in [3.8, 4) is 0 Å². The van der Waals surface area contributed by atoms with Crippen LogP contribution in [-0.4, -0.2) is 27.4 Å². The number of thiazole rings is 1. The van der Waals surface area contributed by atoms with Crippen LogP contribution in [0, 0.1) is 13.8 Å². The van der Waals surface area contributed by atoms with Gasteiger partial charge in [-0.2, -0.15) is 4.98 Å². The molecule has 0 spiro atoms. The van der Waals surface area contributed by atoms with Crippen molar-refractivity contribution in [3.63, 3.8) is 0 Å². The van der Waals surface area contributed by atoms with Crippen LogP contribution >= 0.6 is 11.3 Å².